The first-order chi connectivity index (χ1) is 11.8. The molecule has 2 aromatic rings. The molecule has 126 valence electrons. The Bertz CT molecular complexity index is 627. The smallest absolute Gasteiger partial charge is 0.338 e. The monoisotopic (exact) mass is 323 g/mol. The maximum Gasteiger partial charge on any atom is 0.338 e. The summed E-state index contributed by atoms with van der Waals surface area (Å²) in [6.45, 7) is 3.73. The van der Waals surface area contributed by atoms with Crippen molar-refractivity contribution in [3.63, 3.8) is 0 Å². The summed E-state index contributed by atoms with van der Waals surface area (Å²) < 4.78 is 5.37. The molecule has 3 rings (SSSR count). The second kappa shape index (κ2) is 8.65. The van der Waals surface area contributed by atoms with Gasteiger partial charge < -0.3 is 9.64 Å². The molecule has 3 nitrogen and oxygen atoms in total. The average molecular weight is 323 g/mol. The van der Waals surface area contributed by atoms with Crippen molar-refractivity contribution < 1.29 is 9.53 Å². The van der Waals surface area contributed by atoms with E-state index in [-0.39, 0.29) is 5.97 Å². The van der Waals surface area contributed by atoms with E-state index in [1.54, 1.807) is 12.1 Å². The summed E-state index contributed by atoms with van der Waals surface area (Å²) in [6, 6.07) is 20.0. The van der Waals surface area contributed by atoms with Crippen molar-refractivity contribution >= 4 is 5.97 Å². The van der Waals surface area contributed by atoms with Crippen LogP contribution in [0.15, 0.2) is 60.7 Å². The summed E-state index contributed by atoms with van der Waals surface area (Å²) in [5, 5.41) is 0. The number of hydrogen-bond donors (Lipinski definition) is 0. The average Bonchev–Trinajstić information content (AvgIpc) is 2.67. The Labute approximate surface area is 144 Å². The van der Waals surface area contributed by atoms with Gasteiger partial charge in [-0.1, -0.05) is 48.5 Å². The predicted molar refractivity (Wildman–Crippen MR) is 96.2 cm³/mol. The van der Waals surface area contributed by atoms with E-state index in [1.165, 1.54) is 18.4 Å². The third-order valence-electron chi connectivity index (χ3n) is 4.64. The number of benzene rings is 2. The van der Waals surface area contributed by atoms with Gasteiger partial charge in [0.2, 0.25) is 0 Å². The second-order valence-corrected chi connectivity index (χ2v) is 6.41. The standard InChI is InChI=1S/C21H25NO2/c23-21(19-11-5-2-6-12-19)24-16-8-15-22-14-7-13-20(17-22)18-9-3-1-4-10-18/h1-6,9-12,20H,7-8,13-17H2. The van der Waals surface area contributed by atoms with Crippen LogP contribution in [-0.2, 0) is 4.74 Å². The van der Waals surface area contributed by atoms with E-state index in [0.717, 1.165) is 26.1 Å². The molecule has 1 aliphatic rings. The van der Waals surface area contributed by atoms with Crippen LogP contribution in [0.1, 0.15) is 41.1 Å². The Morgan fingerprint density at radius 1 is 1.04 bits per heavy atom. The summed E-state index contributed by atoms with van der Waals surface area (Å²) in [5.74, 6) is 0.406. The highest BCUT2D eigenvalue weighted by molar-refractivity contribution is 5.89. The van der Waals surface area contributed by atoms with Crippen LogP contribution in [0.3, 0.4) is 0 Å². The minimum Gasteiger partial charge on any atom is -0.462 e. The lowest BCUT2D eigenvalue weighted by molar-refractivity contribution is 0.0484. The van der Waals surface area contributed by atoms with E-state index in [0.29, 0.717) is 18.1 Å². The highest BCUT2D eigenvalue weighted by Gasteiger charge is 2.20. The summed E-state index contributed by atoms with van der Waals surface area (Å²) in [6.07, 6.45) is 3.40. The molecule has 0 bridgehead atoms. The molecule has 0 N–H and O–H groups in total. The van der Waals surface area contributed by atoms with Crippen molar-refractivity contribution in [2.75, 3.05) is 26.2 Å². The van der Waals surface area contributed by atoms with E-state index in [9.17, 15) is 4.79 Å². The van der Waals surface area contributed by atoms with Crippen LogP contribution in [-0.4, -0.2) is 37.1 Å². The largest absolute Gasteiger partial charge is 0.462 e. The Kier molecular flexibility index (Phi) is 6.02. The zero-order chi connectivity index (χ0) is 16.6. The number of carbonyl (C=O) groups is 1. The number of carbonyl (C=O) groups excluding carboxylic acids is 1. The lowest BCUT2D eigenvalue weighted by Gasteiger charge is -2.33. The summed E-state index contributed by atoms with van der Waals surface area (Å²) in [7, 11) is 0. The maximum absolute atomic E-state index is 11.9. The van der Waals surface area contributed by atoms with Gasteiger partial charge in [0.1, 0.15) is 0 Å². The van der Waals surface area contributed by atoms with Gasteiger partial charge in [-0.2, -0.15) is 0 Å². The lowest BCUT2D eigenvalue weighted by Crippen LogP contribution is -2.35. The summed E-state index contributed by atoms with van der Waals surface area (Å²) >= 11 is 0. The number of likely N-dealkylation sites (tertiary alicyclic amines) is 1. The molecule has 1 atom stereocenters. The normalized spacial score (nSPS) is 18.2. The fourth-order valence-electron chi connectivity index (χ4n) is 3.37. The third-order valence-corrected chi connectivity index (χ3v) is 4.64. The molecular weight excluding hydrogens is 298 g/mol. The van der Waals surface area contributed by atoms with Crippen molar-refractivity contribution in [3.05, 3.63) is 71.8 Å². The second-order valence-electron chi connectivity index (χ2n) is 6.41. The van der Waals surface area contributed by atoms with Gasteiger partial charge in [-0.25, -0.2) is 4.79 Å². The molecule has 0 aromatic heterocycles. The first kappa shape index (κ1) is 16.7. The molecule has 0 saturated carbocycles. The van der Waals surface area contributed by atoms with Gasteiger partial charge in [0.15, 0.2) is 0 Å². The van der Waals surface area contributed by atoms with Crippen LogP contribution in [0, 0.1) is 0 Å². The van der Waals surface area contributed by atoms with E-state index in [1.807, 2.05) is 18.2 Å². The fraction of sp³-hybridized carbons (Fsp3) is 0.381. The zero-order valence-corrected chi connectivity index (χ0v) is 14.1. The molecule has 0 radical (unpaired) electrons. The minimum atomic E-state index is -0.226. The van der Waals surface area contributed by atoms with Gasteiger partial charge in [-0.05, 0) is 49.4 Å². The van der Waals surface area contributed by atoms with E-state index in [4.69, 9.17) is 4.74 Å². The van der Waals surface area contributed by atoms with Crippen LogP contribution in [0.25, 0.3) is 0 Å². The molecule has 1 heterocycles. The predicted octanol–water partition coefficient (Wildman–Crippen LogP) is 4.11. The zero-order valence-electron chi connectivity index (χ0n) is 14.1. The molecular formula is C21H25NO2. The van der Waals surface area contributed by atoms with Crippen LogP contribution < -0.4 is 0 Å². The number of rotatable bonds is 6. The van der Waals surface area contributed by atoms with Crippen LogP contribution in [0.4, 0.5) is 0 Å². The van der Waals surface area contributed by atoms with Gasteiger partial charge in [-0.3, -0.25) is 0 Å². The molecule has 2 aromatic carbocycles. The highest BCUT2D eigenvalue weighted by Crippen LogP contribution is 2.26. The number of hydrogen-bond acceptors (Lipinski definition) is 3. The quantitative estimate of drug-likeness (QED) is 0.592. The highest BCUT2D eigenvalue weighted by atomic mass is 16.5. The van der Waals surface area contributed by atoms with E-state index >= 15 is 0 Å². The van der Waals surface area contributed by atoms with Crippen LogP contribution in [0.2, 0.25) is 0 Å². The van der Waals surface area contributed by atoms with Crippen LogP contribution >= 0.6 is 0 Å². The molecule has 0 amide bonds. The van der Waals surface area contributed by atoms with Crippen molar-refractivity contribution in [1.82, 2.24) is 4.90 Å². The van der Waals surface area contributed by atoms with Gasteiger partial charge >= 0.3 is 5.97 Å². The van der Waals surface area contributed by atoms with Crippen LogP contribution in [0.5, 0.6) is 0 Å². The minimum absolute atomic E-state index is 0.226. The molecule has 3 heteroatoms. The topological polar surface area (TPSA) is 29.5 Å². The van der Waals surface area contributed by atoms with E-state index in [2.05, 4.69) is 35.2 Å². The maximum atomic E-state index is 11.9. The molecule has 1 aliphatic heterocycles. The number of nitrogens with zero attached hydrogens (tertiary/aromatic N) is 1. The third kappa shape index (κ3) is 4.68. The Balaban J connectivity index is 1.40. The number of ether oxygens (including phenoxy) is 1. The number of esters is 1. The summed E-state index contributed by atoms with van der Waals surface area (Å²) in [5.41, 5.74) is 2.07. The van der Waals surface area contributed by atoms with Gasteiger partial charge in [0, 0.05) is 13.1 Å². The molecule has 1 saturated heterocycles. The molecule has 24 heavy (non-hydrogen) atoms. The van der Waals surface area contributed by atoms with Gasteiger partial charge in [-0.15, -0.1) is 0 Å². The molecule has 0 aliphatic carbocycles. The summed E-state index contributed by atoms with van der Waals surface area (Å²) in [4.78, 5) is 14.4. The van der Waals surface area contributed by atoms with Crippen molar-refractivity contribution in [3.8, 4) is 0 Å². The Hall–Kier alpha value is -2.13. The van der Waals surface area contributed by atoms with E-state index < -0.39 is 0 Å². The molecule has 1 unspecified atom stereocenters. The first-order valence-corrected chi connectivity index (χ1v) is 8.82. The Morgan fingerprint density at radius 3 is 2.50 bits per heavy atom. The number of piperidine rings is 1. The molecule has 0 spiro atoms. The lowest BCUT2D eigenvalue weighted by atomic mass is 9.90. The van der Waals surface area contributed by atoms with Gasteiger partial charge in [0.05, 0.1) is 12.2 Å². The van der Waals surface area contributed by atoms with Gasteiger partial charge in [0.25, 0.3) is 0 Å². The molecule has 1 fully saturated rings. The first-order valence-electron chi connectivity index (χ1n) is 8.82. The van der Waals surface area contributed by atoms with Crippen molar-refractivity contribution in [1.29, 1.82) is 0 Å². The fourth-order valence-corrected chi connectivity index (χ4v) is 3.37. The van der Waals surface area contributed by atoms with Crippen molar-refractivity contribution in [2.45, 2.75) is 25.2 Å². The SMILES string of the molecule is O=C(OCCCN1CCCC(c2ccccc2)C1)c1ccccc1. The van der Waals surface area contributed by atoms with Crippen molar-refractivity contribution in [2.24, 2.45) is 0 Å². The Morgan fingerprint density at radius 2 is 1.75 bits per heavy atom.